The number of benzene rings is 1. The van der Waals surface area contributed by atoms with Gasteiger partial charge < -0.3 is 5.32 Å². The van der Waals surface area contributed by atoms with E-state index in [1.54, 1.807) is 0 Å². The molecule has 1 atom stereocenters. The SMILES string of the molecule is CNC(Cc1cccc(Cl)c1)C12CC3CC(CC(C3)C1)C2. The van der Waals surface area contributed by atoms with Crippen LogP contribution in [0.15, 0.2) is 24.3 Å². The molecule has 4 saturated carbocycles. The first-order chi connectivity index (χ1) is 10.2. The van der Waals surface area contributed by atoms with Gasteiger partial charge in [-0.25, -0.2) is 0 Å². The van der Waals surface area contributed by atoms with Gasteiger partial charge in [-0.1, -0.05) is 23.7 Å². The zero-order chi connectivity index (χ0) is 14.4. The third-order valence-electron chi connectivity index (χ3n) is 6.50. The minimum absolute atomic E-state index is 0.561. The Balaban J connectivity index is 1.58. The Morgan fingerprint density at radius 3 is 2.29 bits per heavy atom. The van der Waals surface area contributed by atoms with Crippen LogP contribution in [0.2, 0.25) is 5.02 Å². The second-order valence-corrected chi connectivity index (χ2v) is 8.39. The molecule has 5 rings (SSSR count). The lowest BCUT2D eigenvalue weighted by molar-refractivity contribution is -0.0724. The van der Waals surface area contributed by atoms with Crippen LogP contribution in [0.5, 0.6) is 0 Å². The van der Waals surface area contributed by atoms with Gasteiger partial charge in [0.05, 0.1) is 0 Å². The molecule has 0 radical (unpaired) electrons. The van der Waals surface area contributed by atoms with Gasteiger partial charge >= 0.3 is 0 Å². The number of likely N-dealkylation sites (N-methyl/N-ethyl adjacent to an activating group) is 1. The van der Waals surface area contributed by atoms with Crippen molar-refractivity contribution in [1.29, 1.82) is 0 Å². The molecule has 4 aliphatic rings. The van der Waals surface area contributed by atoms with E-state index >= 15 is 0 Å². The van der Waals surface area contributed by atoms with E-state index in [9.17, 15) is 0 Å². The molecule has 114 valence electrons. The number of hydrogen-bond donors (Lipinski definition) is 1. The quantitative estimate of drug-likeness (QED) is 0.851. The molecule has 21 heavy (non-hydrogen) atoms. The summed E-state index contributed by atoms with van der Waals surface area (Å²) in [5.41, 5.74) is 1.95. The predicted molar refractivity (Wildman–Crippen MR) is 88.6 cm³/mol. The van der Waals surface area contributed by atoms with Gasteiger partial charge in [0.2, 0.25) is 0 Å². The van der Waals surface area contributed by atoms with Crippen molar-refractivity contribution in [3.05, 3.63) is 34.9 Å². The molecule has 1 unspecified atom stereocenters. The van der Waals surface area contributed by atoms with E-state index in [0.29, 0.717) is 11.5 Å². The molecule has 1 aromatic carbocycles. The largest absolute Gasteiger partial charge is 0.316 e. The van der Waals surface area contributed by atoms with Crippen LogP contribution in [-0.4, -0.2) is 13.1 Å². The Kier molecular flexibility index (Phi) is 3.54. The summed E-state index contributed by atoms with van der Waals surface area (Å²) in [5.74, 6) is 3.06. The molecular formula is C19H26ClN. The van der Waals surface area contributed by atoms with E-state index in [-0.39, 0.29) is 0 Å². The van der Waals surface area contributed by atoms with Crippen molar-refractivity contribution in [3.8, 4) is 0 Å². The Bertz CT molecular complexity index is 489. The highest BCUT2D eigenvalue weighted by molar-refractivity contribution is 6.30. The molecule has 0 aromatic heterocycles. The summed E-state index contributed by atoms with van der Waals surface area (Å²) in [6, 6.07) is 9.06. The van der Waals surface area contributed by atoms with Crippen LogP contribution < -0.4 is 5.32 Å². The fourth-order valence-corrected chi connectivity index (χ4v) is 6.34. The summed E-state index contributed by atoms with van der Waals surface area (Å²) < 4.78 is 0. The number of rotatable bonds is 4. The molecule has 1 aromatic rings. The Morgan fingerprint density at radius 2 is 1.76 bits per heavy atom. The molecule has 4 aliphatic carbocycles. The summed E-state index contributed by atoms with van der Waals surface area (Å²) in [7, 11) is 2.16. The van der Waals surface area contributed by atoms with Crippen molar-refractivity contribution in [2.45, 2.75) is 51.0 Å². The zero-order valence-electron chi connectivity index (χ0n) is 12.9. The van der Waals surface area contributed by atoms with Crippen LogP contribution in [0.3, 0.4) is 0 Å². The second-order valence-electron chi connectivity index (χ2n) is 7.96. The lowest BCUT2D eigenvalue weighted by atomic mass is 9.47. The normalized spacial score (nSPS) is 38.7. The van der Waals surface area contributed by atoms with Crippen LogP contribution in [0.4, 0.5) is 0 Å². The lowest BCUT2D eigenvalue weighted by Gasteiger charge is -2.59. The van der Waals surface area contributed by atoms with Gasteiger partial charge in [-0.2, -0.15) is 0 Å². The highest BCUT2D eigenvalue weighted by Crippen LogP contribution is 2.61. The highest BCUT2D eigenvalue weighted by atomic mass is 35.5. The molecule has 0 amide bonds. The van der Waals surface area contributed by atoms with E-state index < -0.39 is 0 Å². The molecule has 2 heteroatoms. The monoisotopic (exact) mass is 303 g/mol. The van der Waals surface area contributed by atoms with E-state index in [1.165, 1.54) is 44.1 Å². The van der Waals surface area contributed by atoms with Crippen molar-refractivity contribution < 1.29 is 0 Å². The van der Waals surface area contributed by atoms with E-state index in [4.69, 9.17) is 11.6 Å². The van der Waals surface area contributed by atoms with Crippen molar-refractivity contribution in [3.63, 3.8) is 0 Å². The Labute approximate surface area is 133 Å². The second kappa shape index (κ2) is 5.28. The topological polar surface area (TPSA) is 12.0 Å². The number of hydrogen-bond acceptors (Lipinski definition) is 1. The van der Waals surface area contributed by atoms with Crippen LogP contribution in [0.25, 0.3) is 0 Å². The van der Waals surface area contributed by atoms with Crippen LogP contribution in [0, 0.1) is 23.2 Å². The van der Waals surface area contributed by atoms with Crippen molar-refractivity contribution in [2.24, 2.45) is 23.2 Å². The first-order valence-electron chi connectivity index (χ1n) is 8.58. The summed E-state index contributed by atoms with van der Waals surface area (Å²) in [5, 5.41) is 4.55. The first-order valence-corrected chi connectivity index (χ1v) is 8.96. The van der Waals surface area contributed by atoms with E-state index in [2.05, 4.69) is 30.6 Å². The lowest BCUT2D eigenvalue weighted by Crippen LogP contribution is -2.56. The van der Waals surface area contributed by atoms with Crippen molar-refractivity contribution in [2.75, 3.05) is 7.05 Å². The van der Waals surface area contributed by atoms with E-state index in [0.717, 1.165) is 29.2 Å². The van der Waals surface area contributed by atoms with Crippen LogP contribution >= 0.6 is 11.6 Å². The van der Waals surface area contributed by atoms with Gasteiger partial charge in [0, 0.05) is 11.1 Å². The minimum Gasteiger partial charge on any atom is -0.316 e. The van der Waals surface area contributed by atoms with Crippen molar-refractivity contribution >= 4 is 11.6 Å². The van der Waals surface area contributed by atoms with Crippen LogP contribution in [-0.2, 0) is 6.42 Å². The molecule has 1 N–H and O–H groups in total. The average Bonchev–Trinajstić information content (AvgIpc) is 2.43. The highest BCUT2D eigenvalue weighted by Gasteiger charge is 2.53. The average molecular weight is 304 g/mol. The van der Waals surface area contributed by atoms with Crippen molar-refractivity contribution in [1.82, 2.24) is 5.32 Å². The zero-order valence-corrected chi connectivity index (χ0v) is 13.7. The van der Waals surface area contributed by atoms with Gasteiger partial charge in [0.1, 0.15) is 0 Å². The third-order valence-corrected chi connectivity index (χ3v) is 6.74. The Hall–Kier alpha value is -0.530. The maximum atomic E-state index is 6.17. The van der Waals surface area contributed by atoms with E-state index in [1.807, 2.05) is 6.07 Å². The molecular weight excluding hydrogens is 278 g/mol. The summed E-state index contributed by atoms with van der Waals surface area (Å²) in [4.78, 5) is 0. The maximum absolute atomic E-state index is 6.17. The van der Waals surface area contributed by atoms with Gasteiger partial charge in [-0.05, 0) is 92.9 Å². The molecule has 0 saturated heterocycles. The molecule has 1 nitrogen and oxygen atoms in total. The summed E-state index contributed by atoms with van der Waals surface area (Å²) in [6.07, 6.45) is 10.1. The van der Waals surface area contributed by atoms with Gasteiger partial charge in [-0.15, -0.1) is 0 Å². The number of nitrogens with one attached hydrogen (secondary N) is 1. The van der Waals surface area contributed by atoms with Gasteiger partial charge in [-0.3, -0.25) is 0 Å². The fraction of sp³-hybridized carbons (Fsp3) is 0.684. The summed E-state index contributed by atoms with van der Waals surface area (Å²) in [6.45, 7) is 0. The van der Waals surface area contributed by atoms with Crippen LogP contribution in [0.1, 0.15) is 44.1 Å². The third kappa shape index (κ3) is 2.53. The van der Waals surface area contributed by atoms with Gasteiger partial charge in [0.15, 0.2) is 0 Å². The molecule has 0 heterocycles. The molecule has 0 aliphatic heterocycles. The maximum Gasteiger partial charge on any atom is 0.0408 e. The molecule has 0 spiro atoms. The Morgan fingerprint density at radius 1 is 1.14 bits per heavy atom. The first kappa shape index (κ1) is 14.1. The smallest absolute Gasteiger partial charge is 0.0408 e. The standard InChI is InChI=1S/C19H26ClN/c1-21-18(9-13-3-2-4-17(20)8-13)19-10-14-5-15(11-19)7-16(6-14)12-19/h2-4,8,14-16,18,21H,5-7,9-12H2,1H3. The fourth-order valence-electron chi connectivity index (χ4n) is 6.13. The number of halogens is 1. The van der Waals surface area contributed by atoms with Gasteiger partial charge in [0.25, 0.3) is 0 Å². The summed E-state index contributed by atoms with van der Waals surface area (Å²) >= 11 is 6.17. The molecule has 4 bridgehead atoms. The molecule has 4 fully saturated rings. The predicted octanol–water partition coefficient (Wildman–Crippen LogP) is 4.69. The minimum atomic E-state index is 0.561.